The fourth-order valence-corrected chi connectivity index (χ4v) is 3.85. The molecule has 21 heavy (non-hydrogen) atoms. The van der Waals surface area contributed by atoms with Gasteiger partial charge in [0.2, 0.25) is 0 Å². The average molecular weight is 307 g/mol. The molecule has 1 aromatic carbocycles. The Morgan fingerprint density at radius 3 is 2.86 bits per heavy atom. The second-order valence-electron chi connectivity index (χ2n) is 5.08. The van der Waals surface area contributed by atoms with E-state index >= 15 is 0 Å². The van der Waals surface area contributed by atoms with Crippen LogP contribution in [-0.4, -0.2) is 33.9 Å². The van der Waals surface area contributed by atoms with Crippen LogP contribution >= 0.6 is 0 Å². The Bertz CT molecular complexity index is 768. The van der Waals surface area contributed by atoms with Crippen molar-refractivity contribution in [2.24, 2.45) is 0 Å². The number of benzene rings is 1. The van der Waals surface area contributed by atoms with E-state index in [2.05, 4.69) is 4.98 Å². The predicted octanol–water partition coefficient (Wildman–Crippen LogP) is 1.36. The number of imidazole rings is 1. The van der Waals surface area contributed by atoms with E-state index < -0.39 is 10.0 Å². The van der Waals surface area contributed by atoms with Gasteiger partial charge in [0.15, 0.2) is 5.03 Å². The quantitative estimate of drug-likeness (QED) is 0.929. The lowest BCUT2D eigenvalue weighted by molar-refractivity contribution is 0.387. The van der Waals surface area contributed by atoms with Crippen LogP contribution in [0, 0.1) is 0 Å². The minimum Gasteiger partial charge on any atom is -0.508 e. The predicted molar refractivity (Wildman–Crippen MR) is 77.3 cm³/mol. The van der Waals surface area contributed by atoms with Crippen LogP contribution in [0.3, 0.4) is 0 Å². The lowest BCUT2D eigenvalue weighted by Crippen LogP contribution is -2.36. The molecule has 0 saturated carbocycles. The highest BCUT2D eigenvalue weighted by Crippen LogP contribution is 2.26. The Balaban J connectivity index is 1.91. The third-order valence-corrected chi connectivity index (χ3v) is 5.48. The zero-order chi connectivity index (χ0) is 15.0. The molecule has 0 unspecified atom stereocenters. The summed E-state index contributed by atoms with van der Waals surface area (Å²) >= 11 is 0. The van der Waals surface area contributed by atoms with E-state index in [4.69, 9.17) is 0 Å². The van der Waals surface area contributed by atoms with Crippen LogP contribution in [0.25, 0.3) is 0 Å². The number of aromatic nitrogens is 2. The van der Waals surface area contributed by atoms with Gasteiger partial charge in [-0.05, 0) is 36.6 Å². The monoisotopic (exact) mass is 307 g/mol. The number of fused-ring (bicyclic) bond motifs is 1. The van der Waals surface area contributed by atoms with Gasteiger partial charge in [-0.15, -0.1) is 0 Å². The summed E-state index contributed by atoms with van der Waals surface area (Å²) < 4.78 is 28.3. The van der Waals surface area contributed by atoms with Crippen molar-refractivity contribution < 1.29 is 13.5 Å². The van der Waals surface area contributed by atoms with Crippen LogP contribution in [-0.2, 0) is 29.5 Å². The van der Waals surface area contributed by atoms with E-state index in [1.165, 1.54) is 10.6 Å². The Morgan fingerprint density at radius 1 is 1.33 bits per heavy atom. The van der Waals surface area contributed by atoms with Gasteiger partial charge in [-0.1, -0.05) is 6.07 Å². The van der Waals surface area contributed by atoms with Crippen molar-refractivity contribution in [3.05, 3.63) is 41.9 Å². The van der Waals surface area contributed by atoms with Crippen molar-refractivity contribution in [2.45, 2.75) is 31.5 Å². The molecule has 112 valence electrons. The molecule has 0 fully saturated rings. The number of phenolic OH excluding ortho intramolecular Hbond substituents is 1. The standard InChI is InChI=1S/C14H17N3O3S/c1-2-16-9-14(15-10-16)21(19,20)17-6-5-11-3-4-13(18)7-12(11)8-17/h3-4,7,9-10,18H,2,5-6,8H2,1H3. The minimum atomic E-state index is -3.59. The Kier molecular flexibility index (Phi) is 3.46. The number of nitrogens with zero attached hydrogens (tertiary/aromatic N) is 3. The summed E-state index contributed by atoms with van der Waals surface area (Å²) in [4.78, 5) is 3.99. The first-order valence-corrected chi connectivity index (χ1v) is 8.27. The topological polar surface area (TPSA) is 75.4 Å². The van der Waals surface area contributed by atoms with Gasteiger partial charge in [-0.3, -0.25) is 0 Å². The maximum Gasteiger partial charge on any atom is 0.262 e. The molecule has 1 aromatic heterocycles. The Morgan fingerprint density at radius 2 is 2.14 bits per heavy atom. The highest BCUT2D eigenvalue weighted by molar-refractivity contribution is 7.89. The van der Waals surface area contributed by atoms with Gasteiger partial charge in [-0.2, -0.15) is 4.31 Å². The molecule has 0 aliphatic carbocycles. The zero-order valence-corrected chi connectivity index (χ0v) is 12.5. The summed E-state index contributed by atoms with van der Waals surface area (Å²) in [6.07, 6.45) is 3.72. The summed E-state index contributed by atoms with van der Waals surface area (Å²) in [5.74, 6) is 0.156. The van der Waals surface area contributed by atoms with Crippen molar-refractivity contribution in [1.29, 1.82) is 0 Å². The van der Waals surface area contributed by atoms with Crippen molar-refractivity contribution in [1.82, 2.24) is 13.9 Å². The molecule has 2 heterocycles. The molecular formula is C14H17N3O3S. The second-order valence-corrected chi connectivity index (χ2v) is 6.97. The number of phenols is 1. The number of aromatic hydroxyl groups is 1. The van der Waals surface area contributed by atoms with Gasteiger partial charge in [0.25, 0.3) is 10.0 Å². The summed E-state index contributed by atoms with van der Waals surface area (Å²) in [7, 11) is -3.59. The van der Waals surface area contributed by atoms with E-state index in [0.29, 0.717) is 19.5 Å². The first kappa shape index (κ1) is 14.1. The third-order valence-electron chi connectivity index (χ3n) is 3.75. The summed E-state index contributed by atoms with van der Waals surface area (Å²) in [6, 6.07) is 5.11. The lowest BCUT2D eigenvalue weighted by atomic mass is 10.0. The van der Waals surface area contributed by atoms with E-state index in [0.717, 1.165) is 11.1 Å². The molecule has 1 N–H and O–H groups in total. The molecule has 0 saturated heterocycles. The molecule has 1 aliphatic rings. The van der Waals surface area contributed by atoms with Crippen LogP contribution in [0.15, 0.2) is 35.7 Å². The van der Waals surface area contributed by atoms with Crippen LogP contribution in [0.4, 0.5) is 0 Å². The van der Waals surface area contributed by atoms with Crippen LogP contribution in [0.1, 0.15) is 18.1 Å². The Hall–Kier alpha value is -1.86. The van der Waals surface area contributed by atoms with E-state index in [1.54, 1.807) is 22.9 Å². The van der Waals surface area contributed by atoms with E-state index in [9.17, 15) is 13.5 Å². The van der Waals surface area contributed by atoms with Gasteiger partial charge in [-0.25, -0.2) is 13.4 Å². The summed E-state index contributed by atoms with van der Waals surface area (Å²) in [6.45, 7) is 3.31. The largest absolute Gasteiger partial charge is 0.508 e. The molecule has 0 amide bonds. The molecule has 0 bridgehead atoms. The maximum absolute atomic E-state index is 12.6. The molecule has 6 nitrogen and oxygen atoms in total. The van der Waals surface area contributed by atoms with Gasteiger partial charge in [0.05, 0.1) is 6.33 Å². The molecule has 3 rings (SSSR count). The number of hydrogen-bond acceptors (Lipinski definition) is 4. The zero-order valence-electron chi connectivity index (χ0n) is 11.7. The average Bonchev–Trinajstić information content (AvgIpc) is 2.96. The normalized spacial score (nSPS) is 15.9. The number of sulfonamides is 1. The van der Waals surface area contributed by atoms with Crippen molar-refractivity contribution in [2.75, 3.05) is 6.54 Å². The van der Waals surface area contributed by atoms with Crippen LogP contribution < -0.4 is 0 Å². The van der Waals surface area contributed by atoms with Gasteiger partial charge >= 0.3 is 0 Å². The van der Waals surface area contributed by atoms with E-state index in [-0.39, 0.29) is 17.3 Å². The fourth-order valence-electron chi connectivity index (χ4n) is 2.50. The van der Waals surface area contributed by atoms with Gasteiger partial charge in [0, 0.05) is 25.8 Å². The first-order chi connectivity index (χ1) is 10.0. The molecule has 0 spiro atoms. The van der Waals surface area contributed by atoms with E-state index in [1.807, 2.05) is 13.0 Å². The molecule has 2 aromatic rings. The van der Waals surface area contributed by atoms with Gasteiger partial charge in [0.1, 0.15) is 5.75 Å². The summed E-state index contributed by atoms with van der Waals surface area (Å²) in [5, 5.41) is 9.62. The molecule has 1 aliphatic heterocycles. The number of aryl methyl sites for hydroxylation is 1. The lowest BCUT2D eigenvalue weighted by Gasteiger charge is -2.27. The van der Waals surface area contributed by atoms with Crippen molar-refractivity contribution >= 4 is 10.0 Å². The molecule has 0 radical (unpaired) electrons. The SMILES string of the molecule is CCn1cnc(S(=O)(=O)N2CCc3ccc(O)cc3C2)c1. The maximum atomic E-state index is 12.6. The molecule has 0 atom stereocenters. The van der Waals surface area contributed by atoms with Crippen molar-refractivity contribution in [3.8, 4) is 5.75 Å². The fraction of sp³-hybridized carbons (Fsp3) is 0.357. The molecular weight excluding hydrogens is 290 g/mol. The Labute approximate surface area is 123 Å². The number of rotatable bonds is 3. The first-order valence-electron chi connectivity index (χ1n) is 6.83. The third kappa shape index (κ3) is 2.54. The molecule has 7 heteroatoms. The van der Waals surface area contributed by atoms with Crippen LogP contribution in [0.5, 0.6) is 5.75 Å². The van der Waals surface area contributed by atoms with Gasteiger partial charge < -0.3 is 9.67 Å². The highest BCUT2D eigenvalue weighted by Gasteiger charge is 2.30. The summed E-state index contributed by atoms with van der Waals surface area (Å²) in [5.41, 5.74) is 1.93. The second kappa shape index (κ2) is 5.16. The van der Waals surface area contributed by atoms with Crippen molar-refractivity contribution in [3.63, 3.8) is 0 Å². The number of hydrogen-bond donors (Lipinski definition) is 1. The minimum absolute atomic E-state index is 0.0768. The smallest absolute Gasteiger partial charge is 0.262 e. The highest BCUT2D eigenvalue weighted by atomic mass is 32.2. The van der Waals surface area contributed by atoms with Crippen LogP contribution in [0.2, 0.25) is 0 Å².